The fourth-order valence-corrected chi connectivity index (χ4v) is 4.46. The Bertz CT molecular complexity index is 1280. The van der Waals surface area contributed by atoms with Crippen LogP contribution in [0.1, 0.15) is 33.6 Å². The number of nitrogens with zero attached hydrogens (tertiary/aromatic N) is 1. The summed E-state index contributed by atoms with van der Waals surface area (Å²) in [6.07, 6.45) is 5.02. The fraction of sp³-hybridized carbons (Fsp3) is 0.185. The Morgan fingerprint density at radius 3 is 2.06 bits per heavy atom. The number of hydrogen-bond acceptors (Lipinski definition) is 5. The first-order valence-electron chi connectivity index (χ1n) is 10.8. The lowest BCUT2D eigenvalue weighted by Crippen LogP contribution is -2.30. The standard InChI is InChI=1S/C27H21NO5/c29-24(20-10-9-17-5-1-2-6-19(17)15-20)16-33-27(32)18-11-13-21(14-12-18)28-25(30)22-7-3-4-8-23(22)26(28)31/h1-6,9-15,22-23H,7-8,16H2. The van der Waals surface area contributed by atoms with E-state index >= 15 is 0 Å². The van der Waals surface area contributed by atoms with E-state index in [2.05, 4.69) is 0 Å². The van der Waals surface area contributed by atoms with Gasteiger partial charge in [0.15, 0.2) is 12.4 Å². The number of carbonyl (C=O) groups excluding carboxylic acids is 4. The maximum absolute atomic E-state index is 12.7. The van der Waals surface area contributed by atoms with Crippen molar-refractivity contribution < 1.29 is 23.9 Å². The van der Waals surface area contributed by atoms with Crippen LogP contribution in [0.25, 0.3) is 10.8 Å². The summed E-state index contributed by atoms with van der Waals surface area (Å²) in [6, 6.07) is 19.2. The molecule has 0 radical (unpaired) electrons. The molecule has 6 heteroatoms. The van der Waals surface area contributed by atoms with Crippen molar-refractivity contribution in [1.29, 1.82) is 0 Å². The molecule has 1 aliphatic carbocycles. The Hall–Kier alpha value is -4.06. The lowest BCUT2D eigenvalue weighted by atomic mass is 9.85. The van der Waals surface area contributed by atoms with Crippen LogP contribution in [-0.4, -0.2) is 30.2 Å². The molecule has 1 aliphatic heterocycles. The number of esters is 1. The third-order valence-electron chi connectivity index (χ3n) is 6.27. The number of benzene rings is 3. The van der Waals surface area contributed by atoms with E-state index in [0.29, 0.717) is 24.1 Å². The molecule has 2 atom stereocenters. The number of ether oxygens (including phenoxy) is 1. The largest absolute Gasteiger partial charge is 0.454 e. The molecule has 3 aromatic rings. The Morgan fingerprint density at radius 1 is 0.788 bits per heavy atom. The van der Waals surface area contributed by atoms with Crippen LogP contribution in [-0.2, 0) is 14.3 Å². The van der Waals surface area contributed by atoms with Crippen molar-refractivity contribution in [2.75, 3.05) is 11.5 Å². The Morgan fingerprint density at radius 2 is 1.39 bits per heavy atom. The van der Waals surface area contributed by atoms with Gasteiger partial charge < -0.3 is 4.74 Å². The van der Waals surface area contributed by atoms with Gasteiger partial charge in [-0.25, -0.2) is 4.79 Å². The third-order valence-corrected chi connectivity index (χ3v) is 6.27. The van der Waals surface area contributed by atoms with E-state index in [4.69, 9.17) is 4.74 Å². The molecule has 2 unspecified atom stereocenters. The summed E-state index contributed by atoms with van der Waals surface area (Å²) in [5.74, 6) is -1.97. The summed E-state index contributed by atoms with van der Waals surface area (Å²) in [6.45, 7) is -0.377. The Kier molecular flexibility index (Phi) is 5.34. The van der Waals surface area contributed by atoms with Crippen molar-refractivity contribution >= 4 is 40.0 Å². The number of amides is 2. The number of ketones is 1. The van der Waals surface area contributed by atoms with E-state index in [1.165, 1.54) is 17.0 Å². The van der Waals surface area contributed by atoms with Crippen molar-refractivity contribution in [3.8, 4) is 0 Å². The van der Waals surface area contributed by atoms with Crippen molar-refractivity contribution in [1.82, 2.24) is 0 Å². The van der Waals surface area contributed by atoms with Crippen LogP contribution in [0.4, 0.5) is 5.69 Å². The summed E-state index contributed by atoms with van der Waals surface area (Å²) < 4.78 is 5.20. The highest BCUT2D eigenvalue weighted by Gasteiger charge is 2.47. The SMILES string of the molecule is O=C(COC(=O)c1ccc(N2C(=O)C3CC=CCC3C2=O)cc1)c1ccc2ccccc2c1. The van der Waals surface area contributed by atoms with Crippen LogP contribution in [0.2, 0.25) is 0 Å². The van der Waals surface area contributed by atoms with E-state index in [-0.39, 0.29) is 41.6 Å². The van der Waals surface area contributed by atoms with Gasteiger partial charge in [0.1, 0.15) is 0 Å². The van der Waals surface area contributed by atoms with Crippen LogP contribution in [0, 0.1) is 11.8 Å². The van der Waals surface area contributed by atoms with Crippen LogP contribution >= 0.6 is 0 Å². The highest BCUT2D eigenvalue weighted by molar-refractivity contribution is 6.22. The molecule has 0 saturated carbocycles. The zero-order valence-electron chi connectivity index (χ0n) is 17.8. The minimum Gasteiger partial charge on any atom is -0.454 e. The number of allylic oxidation sites excluding steroid dienone is 2. The van der Waals surface area contributed by atoms with E-state index in [1.54, 1.807) is 24.3 Å². The molecule has 5 rings (SSSR count). The van der Waals surface area contributed by atoms with Crippen molar-refractivity contribution in [3.05, 3.63) is 90.0 Å². The molecule has 0 N–H and O–H groups in total. The summed E-state index contributed by atoms with van der Waals surface area (Å²) in [7, 11) is 0. The predicted octanol–water partition coefficient (Wildman–Crippen LogP) is 4.34. The van der Waals surface area contributed by atoms with Crippen LogP contribution < -0.4 is 4.90 Å². The fourth-order valence-electron chi connectivity index (χ4n) is 4.46. The minimum absolute atomic E-state index is 0.203. The second kappa shape index (κ2) is 8.47. The molecule has 0 bridgehead atoms. The average Bonchev–Trinajstić information content (AvgIpc) is 3.12. The Balaban J connectivity index is 1.24. The molecule has 33 heavy (non-hydrogen) atoms. The highest BCUT2D eigenvalue weighted by Crippen LogP contribution is 2.37. The van der Waals surface area contributed by atoms with Gasteiger partial charge in [0, 0.05) is 5.56 Å². The first-order valence-corrected chi connectivity index (χ1v) is 10.8. The maximum atomic E-state index is 12.7. The molecule has 0 aromatic heterocycles. The van der Waals surface area contributed by atoms with Crippen LogP contribution in [0.3, 0.4) is 0 Å². The van der Waals surface area contributed by atoms with Crippen LogP contribution in [0.15, 0.2) is 78.9 Å². The van der Waals surface area contributed by atoms with Crippen LogP contribution in [0.5, 0.6) is 0 Å². The molecule has 1 fully saturated rings. The maximum Gasteiger partial charge on any atom is 0.338 e. The summed E-state index contributed by atoms with van der Waals surface area (Å²) in [4.78, 5) is 51.5. The van der Waals surface area contributed by atoms with E-state index in [1.807, 2.05) is 42.5 Å². The number of carbonyl (C=O) groups is 4. The number of rotatable bonds is 5. The highest BCUT2D eigenvalue weighted by atomic mass is 16.5. The molecule has 1 saturated heterocycles. The number of imide groups is 1. The second-order valence-corrected chi connectivity index (χ2v) is 8.28. The first-order chi connectivity index (χ1) is 16.0. The predicted molar refractivity (Wildman–Crippen MR) is 123 cm³/mol. The van der Waals surface area contributed by atoms with Gasteiger partial charge in [-0.1, -0.05) is 48.6 Å². The van der Waals surface area contributed by atoms with E-state index in [9.17, 15) is 19.2 Å². The van der Waals surface area contributed by atoms with Gasteiger partial charge in [0.25, 0.3) is 0 Å². The van der Waals surface area contributed by atoms with Gasteiger partial charge in [0.2, 0.25) is 11.8 Å². The Labute approximate surface area is 190 Å². The number of fused-ring (bicyclic) bond motifs is 2. The monoisotopic (exact) mass is 439 g/mol. The lowest BCUT2D eigenvalue weighted by Gasteiger charge is -2.15. The average molecular weight is 439 g/mol. The first kappa shape index (κ1) is 20.8. The lowest BCUT2D eigenvalue weighted by molar-refractivity contribution is -0.122. The van der Waals surface area contributed by atoms with Gasteiger partial charge in [-0.15, -0.1) is 0 Å². The zero-order chi connectivity index (χ0) is 22.9. The van der Waals surface area contributed by atoms with Gasteiger partial charge in [0.05, 0.1) is 23.1 Å². The zero-order valence-corrected chi connectivity index (χ0v) is 17.8. The van der Waals surface area contributed by atoms with Crippen molar-refractivity contribution in [3.63, 3.8) is 0 Å². The molecule has 3 aromatic carbocycles. The summed E-state index contributed by atoms with van der Waals surface area (Å²) in [5, 5.41) is 1.96. The molecule has 0 spiro atoms. The molecular formula is C27H21NO5. The summed E-state index contributed by atoms with van der Waals surface area (Å²) in [5.41, 5.74) is 1.14. The van der Waals surface area contributed by atoms with Gasteiger partial charge in [-0.3, -0.25) is 19.3 Å². The third kappa shape index (κ3) is 3.84. The molecule has 2 amide bonds. The van der Waals surface area contributed by atoms with Gasteiger partial charge >= 0.3 is 5.97 Å². The second-order valence-electron chi connectivity index (χ2n) is 8.28. The molecule has 1 heterocycles. The van der Waals surface area contributed by atoms with Crippen molar-refractivity contribution in [2.45, 2.75) is 12.8 Å². The molecular weight excluding hydrogens is 418 g/mol. The van der Waals surface area contributed by atoms with E-state index < -0.39 is 5.97 Å². The van der Waals surface area contributed by atoms with Crippen molar-refractivity contribution in [2.24, 2.45) is 11.8 Å². The minimum atomic E-state index is -0.646. The molecule has 6 nitrogen and oxygen atoms in total. The number of hydrogen-bond donors (Lipinski definition) is 0. The normalized spacial score (nSPS) is 19.6. The quantitative estimate of drug-likeness (QED) is 0.256. The topological polar surface area (TPSA) is 80.8 Å². The molecule has 2 aliphatic rings. The molecule has 164 valence electrons. The summed E-state index contributed by atoms with van der Waals surface area (Å²) >= 11 is 0. The smallest absolute Gasteiger partial charge is 0.338 e. The van der Waals surface area contributed by atoms with Gasteiger partial charge in [-0.05, 0) is 53.9 Å². The number of anilines is 1. The van der Waals surface area contributed by atoms with E-state index in [0.717, 1.165) is 10.8 Å². The number of Topliss-reactive ketones (excluding diaryl/α,β-unsaturated/α-hetero) is 1. The van der Waals surface area contributed by atoms with Gasteiger partial charge in [-0.2, -0.15) is 0 Å².